The van der Waals surface area contributed by atoms with Crippen LogP contribution in [0.15, 0.2) is 28.9 Å². The van der Waals surface area contributed by atoms with E-state index in [0.717, 1.165) is 15.6 Å². The molecule has 0 bridgehead atoms. The van der Waals surface area contributed by atoms with E-state index in [1.807, 2.05) is 18.2 Å². The van der Waals surface area contributed by atoms with Gasteiger partial charge in [0.2, 0.25) is 0 Å². The molecule has 0 spiro atoms. The van der Waals surface area contributed by atoms with Crippen molar-refractivity contribution in [1.82, 2.24) is 9.78 Å². The molecular weight excluding hydrogens is 277 g/mol. The number of aryl methyl sites for hydroxylation is 1. The van der Waals surface area contributed by atoms with Crippen LogP contribution in [0.4, 0.5) is 5.82 Å². The second kappa shape index (κ2) is 3.87. The van der Waals surface area contributed by atoms with Crippen LogP contribution in [0, 0.1) is 0 Å². The van der Waals surface area contributed by atoms with Crippen LogP contribution in [0.3, 0.4) is 0 Å². The second-order valence-corrected chi connectivity index (χ2v) is 4.43. The van der Waals surface area contributed by atoms with Crippen molar-refractivity contribution in [1.29, 1.82) is 0 Å². The maximum Gasteiger partial charge on any atom is 0.129 e. The van der Waals surface area contributed by atoms with Crippen molar-refractivity contribution >= 4 is 33.3 Å². The molecule has 3 nitrogen and oxygen atoms in total. The molecule has 5 heteroatoms. The first-order valence-corrected chi connectivity index (χ1v) is 5.50. The number of nitrogen functional groups attached to an aromatic ring is 1. The number of aromatic nitrogens is 2. The van der Waals surface area contributed by atoms with E-state index in [2.05, 4.69) is 21.0 Å². The Morgan fingerprint density at radius 1 is 1.47 bits per heavy atom. The van der Waals surface area contributed by atoms with Gasteiger partial charge in [-0.05, 0) is 12.1 Å². The van der Waals surface area contributed by atoms with E-state index in [1.54, 1.807) is 17.9 Å². The van der Waals surface area contributed by atoms with E-state index in [1.165, 1.54) is 0 Å². The highest BCUT2D eigenvalue weighted by atomic mass is 79.9. The minimum atomic E-state index is 0.601. The quantitative estimate of drug-likeness (QED) is 0.875. The number of anilines is 1. The Kier molecular flexibility index (Phi) is 2.71. The molecule has 2 aromatic rings. The van der Waals surface area contributed by atoms with E-state index in [-0.39, 0.29) is 0 Å². The third kappa shape index (κ3) is 1.75. The first-order chi connectivity index (χ1) is 7.11. The fourth-order valence-corrected chi connectivity index (χ4v) is 2.36. The Morgan fingerprint density at radius 2 is 2.20 bits per heavy atom. The summed E-state index contributed by atoms with van der Waals surface area (Å²) < 4.78 is 2.53. The summed E-state index contributed by atoms with van der Waals surface area (Å²) in [5.74, 6) is 0.601. The summed E-state index contributed by atoms with van der Waals surface area (Å²) in [5, 5.41) is 4.74. The third-order valence-corrected chi connectivity index (χ3v) is 3.19. The van der Waals surface area contributed by atoms with Gasteiger partial charge in [-0.15, -0.1) is 0 Å². The SMILES string of the molecule is Cn1ncc(-c2c(Cl)cccc2Br)c1N. The van der Waals surface area contributed by atoms with Crippen LogP contribution >= 0.6 is 27.5 Å². The van der Waals surface area contributed by atoms with Gasteiger partial charge in [0.05, 0.1) is 6.20 Å². The Labute approximate surface area is 101 Å². The highest BCUT2D eigenvalue weighted by Crippen LogP contribution is 2.37. The molecule has 15 heavy (non-hydrogen) atoms. The van der Waals surface area contributed by atoms with Crippen LogP contribution in [0.1, 0.15) is 0 Å². The smallest absolute Gasteiger partial charge is 0.129 e. The second-order valence-electron chi connectivity index (χ2n) is 3.16. The van der Waals surface area contributed by atoms with Gasteiger partial charge in [-0.25, -0.2) is 0 Å². The Bertz CT molecular complexity index is 487. The van der Waals surface area contributed by atoms with Gasteiger partial charge in [0.1, 0.15) is 5.82 Å². The maximum atomic E-state index is 6.12. The highest BCUT2D eigenvalue weighted by Gasteiger charge is 2.13. The van der Waals surface area contributed by atoms with Crippen LogP contribution in [0.2, 0.25) is 5.02 Å². The number of hydrogen-bond donors (Lipinski definition) is 1. The Balaban J connectivity index is 2.69. The summed E-state index contributed by atoms with van der Waals surface area (Å²) in [7, 11) is 1.80. The molecule has 0 aliphatic heterocycles. The van der Waals surface area contributed by atoms with Gasteiger partial charge in [-0.1, -0.05) is 33.6 Å². The van der Waals surface area contributed by atoms with Gasteiger partial charge in [-0.3, -0.25) is 4.68 Å². The molecule has 1 aromatic heterocycles. The zero-order chi connectivity index (χ0) is 11.0. The zero-order valence-electron chi connectivity index (χ0n) is 8.04. The molecule has 2 rings (SSSR count). The standard InChI is InChI=1S/C10H9BrClN3/c1-15-10(13)6(5-14-15)9-7(11)3-2-4-8(9)12/h2-5H,13H2,1H3. The van der Waals surface area contributed by atoms with Gasteiger partial charge < -0.3 is 5.73 Å². The van der Waals surface area contributed by atoms with Crippen LogP contribution in [0.5, 0.6) is 0 Å². The van der Waals surface area contributed by atoms with Crippen LogP contribution in [0.25, 0.3) is 11.1 Å². The number of rotatable bonds is 1. The van der Waals surface area contributed by atoms with E-state index in [4.69, 9.17) is 17.3 Å². The van der Waals surface area contributed by atoms with Crippen LogP contribution in [-0.2, 0) is 7.05 Å². The van der Waals surface area contributed by atoms with Crippen molar-refractivity contribution in [2.24, 2.45) is 7.05 Å². The normalized spacial score (nSPS) is 10.6. The predicted molar refractivity (Wildman–Crippen MR) is 65.8 cm³/mol. The molecule has 0 aliphatic rings. The lowest BCUT2D eigenvalue weighted by molar-refractivity contribution is 0.779. The van der Waals surface area contributed by atoms with Gasteiger partial charge in [0.15, 0.2) is 0 Å². The van der Waals surface area contributed by atoms with Crippen LogP contribution in [-0.4, -0.2) is 9.78 Å². The van der Waals surface area contributed by atoms with Crippen molar-refractivity contribution in [3.8, 4) is 11.1 Å². The highest BCUT2D eigenvalue weighted by molar-refractivity contribution is 9.10. The number of nitrogens with zero attached hydrogens (tertiary/aromatic N) is 2. The fraction of sp³-hybridized carbons (Fsp3) is 0.100. The Hall–Kier alpha value is -1.00. The lowest BCUT2D eigenvalue weighted by atomic mass is 10.1. The largest absolute Gasteiger partial charge is 0.383 e. The number of benzene rings is 1. The van der Waals surface area contributed by atoms with E-state index < -0.39 is 0 Å². The predicted octanol–water partition coefficient (Wildman–Crippen LogP) is 3.09. The molecule has 0 atom stereocenters. The summed E-state index contributed by atoms with van der Waals surface area (Å²) >= 11 is 9.57. The molecular formula is C10H9BrClN3. The van der Waals surface area contributed by atoms with Crippen molar-refractivity contribution in [3.63, 3.8) is 0 Å². The lowest BCUT2D eigenvalue weighted by Crippen LogP contribution is -1.98. The average molecular weight is 287 g/mol. The van der Waals surface area contributed by atoms with Crippen molar-refractivity contribution in [3.05, 3.63) is 33.9 Å². The third-order valence-electron chi connectivity index (χ3n) is 2.22. The zero-order valence-corrected chi connectivity index (χ0v) is 10.4. The molecule has 78 valence electrons. The molecule has 2 N–H and O–H groups in total. The van der Waals surface area contributed by atoms with E-state index in [9.17, 15) is 0 Å². The summed E-state index contributed by atoms with van der Waals surface area (Å²) in [5.41, 5.74) is 7.62. The molecule has 0 radical (unpaired) electrons. The molecule has 0 unspecified atom stereocenters. The van der Waals surface area contributed by atoms with Gasteiger partial charge in [0, 0.05) is 27.7 Å². The number of halogens is 2. The minimum Gasteiger partial charge on any atom is -0.383 e. The number of nitrogens with two attached hydrogens (primary N) is 1. The molecule has 1 aromatic carbocycles. The van der Waals surface area contributed by atoms with Gasteiger partial charge >= 0.3 is 0 Å². The summed E-state index contributed by atoms with van der Waals surface area (Å²) in [4.78, 5) is 0. The fourth-order valence-electron chi connectivity index (χ4n) is 1.39. The molecule has 0 saturated heterocycles. The maximum absolute atomic E-state index is 6.12. The minimum absolute atomic E-state index is 0.601. The first-order valence-electron chi connectivity index (χ1n) is 4.33. The monoisotopic (exact) mass is 285 g/mol. The summed E-state index contributed by atoms with van der Waals surface area (Å²) in [6, 6.07) is 5.63. The molecule has 0 aliphatic carbocycles. The summed E-state index contributed by atoms with van der Waals surface area (Å²) in [6.07, 6.45) is 1.71. The Morgan fingerprint density at radius 3 is 2.73 bits per heavy atom. The molecule has 0 amide bonds. The van der Waals surface area contributed by atoms with Crippen molar-refractivity contribution < 1.29 is 0 Å². The van der Waals surface area contributed by atoms with Crippen LogP contribution < -0.4 is 5.73 Å². The van der Waals surface area contributed by atoms with Crippen molar-refractivity contribution in [2.45, 2.75) is 0 Å². The molecule has 0 saturated carbocycles. The molecule has 1 heterocycles. The van der Waals surface area contributed by atoms with Crippen molar-refractivity contribution in [2.75, 3.05) is 5.73 Å². The van der Waals surface area contributed by atoms with E-state index >= 15 is 0 Å². The van der Waals surface area contributed by atoms with E-state index in [0.29, 0.717) is 10.8 Å². The molecule has 0 fully saturated rings. The van der Waals surface area contributed by atoms with Gasteiger partial charge in [-0.2, -0.15) is 5.10 Å². The topological polar surface area (TPSA) is 43.8 Å². The average Bonchev–Trinajstić information content (AvgIpc) is 2.49. The lowest BCUT2D eigenvalue weighted by Gasteiger charge is -2.05. The summed E-state index contributed by atoms with van der Waals surface area (Å²) in [6.45, 7) is 0. The van der Waals surface area contributed by atoms with Gasteiger partial charge in [0.25, 0.3) is 0 Å². The first kappa shape index (κ1) is 10.5. The number of hydrogen-bond acceptors (Lipinski definition) is 2.